The highest BCUT2D eigenvalue weighted by atomic mass is 35.5. The number of fused-ring (bicyclic) bond motifs is 4. The lowest BCUT2D eigenvalue weighted by atomic mass is 9.83. The zero-order valence-corrected chi connectivity index (χ0v) is 13.4. The number of aryl methyl sites for hydroxylation is 3. The van der Waals surface area contributed by atoms with Crippen LogP contribution in [0.2, 0.25) is 0 Å². The van der Waals surface area contributed by atoms with Crippen LogP contribution in [-0.2, 0) is 18.7 Å². The molecule has 1 aliphatic carbocycles. The summed E-state index contributed by atoms with van der Waals surface area (Å²) >= 11 is 6.27. The second-order valence-electron chi connectivity index (χ2n) is 6.26. The van der Waals surface area contributed by atoms with Gasteiger partial charge in [0.1, 0.15) is 5.82 Å². The minimum atomic E-state index is -0.180. The third kappa shape index (κ3) is 1.95. The predicted octanol–water partition coefficient (Wildman–Crippen LogP) is 6.06. The second kappa shape index (κ2) is 5.24. The Morgan fingerprint density at radius 2 is 1.77 bits per heavy atom. The van der Waals surface area contributed by atoms with Gasteiger partial charge < -0.3 is 0 Å². The molecule has 0 bridgehead atoms. The van der Waals surface area contributed by atoms with Gasteiger partial charge in [-0.25, -0.2) is 4.39 Å². The van der Waals surface area contributed by atoms with E-state index in [-0.39, 0.29) is 5.82 Å². The summed E-state index contributed by atoms with van der Waals surface area (Å²) in [5.74, 6) is 0.276. The van der Waals surface area contributed by atoms with Crippen LogP contribution in [0.15, 0.2) is 30.3 Å². The highest BCUT2D eigenvalue weighted by molar-refractivity contribution is 6.20. The largest absolute Gasteiger partial charge is 0.207 e. The van der Waals surface area contributed by atoms with Crippen LogP contribution < -0.4 is 0 Å². The summed E-state index contributed by atoms with van der Waals surface area (Å²) in [7, 11) is 0. The van der Waals surface area contributed by atoms with Crippen LogP contribution in [-0.4, -0.2) is 0 Å². The third-order valence-corrected chi connectivity index (χ3v) is 5.34. The number of rotatable bonds is 1. The van der Waals surface area contributed by atoms with E-state index in [1.165, 1.54) is 46.4 Å². The van der Waals surface area contributed by atoms with E-state index in [1.54, 1.807) is 6.07 Å². The number of hydrogen-bond donors (Lipinski definition) is 0. The van der Waals surface area contributed by atoms with Gasteiger partial charge in [-0.1, -0.05) is 18.2 Å². The summed E-state index contributed by atoms with van der Waals surface area (Å²) in [4.78, 5) is 0. The Morgan fingerprint density at radius 3 is 2.59 bits per heavy atom. The van der Waals surface area contributed by atoms with E-state index in [4.69, 9.17) is 11.6 Å². The van der Waals surface area contributed by atoms with Crippen molar-refractivity contribution in [1.29, 1.82) is 0 Å². The van der Waals surface area contributed by atoms with Crippen molar-refractivity contribution in [2.45, 2.75) is 38.5 Å². The molecule has 0 N–H and O–H groups in total. The van der Waals surface area contributed by atoms with E-state index in [1.807, 2.05) is 6.07 Å². The molecular weight excluding hydrogens is 295 g/mol. The Kier molecular flexibility index (Phi) is 3.34. The van der Waals surface area contributed by atoms with Gasteiger partial charge in [0.25, 0.3) is 0 Å². The van der Waals surface area contributed by atoms with Crippen molar-refractivity contribution in [2.24, 2.45) is 0 Å². The molecule has 22 heavy (non-hydrogen) atoms. The molecule has 0 unspecified atom stereocenters. The summed E-state index contributed by atoms with van der Waals surface area (Å²) in [5, 5.41) is 4.64. The van der Waals surface area contributed by atoms with Gasteiger partial charge in [-0.2, -0.15) is 0 Å². The number of benzene rings is 3. The molecule has 2 heteroatoms. The Labute approximate surface area is 134 Å². The molecule has 0 radical (unpaired) electrons. The second-order valence-corrected chi connectivity index (χ2v) is 6.53. The quantitative estimate of drug-likeness (QED) is 0.378. The standard InChI is InChI=1S/C20H18ClF/c1-12-18-10-14(22)7-9-16(18)19(11-21)17-8-6-13-4-2-3-5-15(13)20(12)17/h6-10H,2-5,11H2,1H3. The number of hydrogen-bond acceptors (Lipinski definition) is 0. The first kappa shape index (κ1) is 14.0. The van der Waals surface area contributed by atoms with Crippen LogP contribution in [0.4, 0.5) is 4.39 Å². The topological polar surface area (TPSA) is 0 Å². The van der Waals surface area contributed by atoms with Gasteiger partial charge in [0.05, 0.1) is 0 Å². The Balaban J connectivity index is 2.23. The lowest BCUT2D eigenvalue weighted by Gasteiger charge is -2.22. The fourth-order valence-corrected chi connectivity index (χ4v) is 4.31. The maximum atomic E-state index is 13.8. The van der Waals surface area contributed by atoms with Gasteiger partial charge in [0.2, 0.25) is 0 Å². The maximum Gasteiger partial charge on any atom is 0.123 e. The van der Waals surface area contributed by atoms with Crippen molar-refractivity contribution >= 4 is 33.1 Å². The predicted molar refractivity (Wildman–Crippen MR) is 92.3 cm³/mol. The molecule has 0 nitrogen and oxygen atoms in total. The van der Waals surface area contributed by atoms with E-state index >= 15 is 0 Å². The maximum absolute atomic E-state index is 13.8. The van der Waals surface area contributed by atoms with Gasteiger partial charge in [0.15, 0.2) is 0 Å². The Morgan fingerprint density at radius 1 is 1.00 bits per heavy atom. The van der Waals surface area contributed by atoms with E-state index in [2.05, 4.69) is 19.1 Å². The molecule has 0 atom stereocenters. The average molecular weight is 313 g/mol. The van der Waals surface area contributed by atoms with Gasteiger partial charge in [-0.15, -0.1) is 11.6 Å². The first-order chi connectivity index (χ1) is 10.7. The highest BCUT2D eigenvalue weighted by Gasteiger charge is 2.18. The molecule has 4 rings (SSSR count). The summed E-state index contributed by atoms with van der Waals surface area (Å²) in [6.07, 6.45) is 4.78. The van der Waals surface area contributed by atoms with Gasteiger partial charge in [0, 0.05) is 5.88 Å². The van der Waals surface area contributed by atoms with Crippen molar-refractivity contribution in [3.63, 3.8) is 0 Å². The van der Waals surface area contributed by atoms with Crippen molar-refractivity contribution < 1.29 is 4.39 Å². The molecule has 1 aliphatic rings. The van der Waals surface area contributed by atoms with Crippen LogP contribution in [0.3, 0.4) is 0 Å². The summed E-state index contributed by atoms with van der Waals surface area (Å²) in [6, 6.07) is 9.54. The monoisotopic (exact) mass is 312 g/mol. The molecule has 0 aromatic heterocycles. The van der Waals surface area contributed by atoms with Crippen molar-refractivity contribution in [3.05, 3.63) is 58.4 Å². The Bertz CT molecular complexity index is 895. The smallest absolute Gasteiger partial charge is 0.123 e. The van der Waals surface area contributed by atoms with Crippen LogP contribution >= 0.6 is 11.6 Å². The molecular formula is C20H18ClF. The minimum Gasteiger partial charge on any atom is -0.207 e. The molecule has 0 amide bonds. The van der Waals surface area contributed by atoms with E-state index in [9.17, 15) is 4.39 Å². The van der Waals surface area contributed by atoms with Crippen LogP contribution in [0, 0.1) is 12.7 Å². The first-order valence-corrected chi connectivity index (χ1v) is 8.45. The fourth-order valence-electron chi connectivity index (χ4n) is 4.02. The first-order valence-electron chi connectivity index (χ1n) is 7.92. The molecule has 112 valence electrons. The Hall–Kier alpha value is -1.60. The summed E-state index contributed by atoms with van der Waals surface area (Å²) in [5.41, 5.74) is 5.24. The van der Waals surface area contributed by atoms with Crippen molar-refractivity contribution in [3.8, 4) is 0 Å². The summed E-state index contributed by atoms with van der Waals surface area (Å²) in [6.45, 7) is 2.12. The third-order valence-electron chi connectivity index (χ3n) is 5.08. The van der Waals surface area contributed by atoms with Crippen LogP contribution in [0.5, 0.6) is 0 Å². The SMILES string of the molecule is Cc1c2cc(F)ccc2c(CCl)c2ccc3c(c12)CCCC3. The fraction of sp³-hybridized carbons (Fsp3) is 0.300. The molecule has 0 aliphatic heterocycles. The molecule has 3 aromatic carbocycles. The van der Waals surface area contributed by atoms with Gasteiger partial charge in [-0.05, 0) is 88.5 Å². The van der Waals surface area contributed by atoms with E-state index in [0.29, 0.717) is 5.88 Å². The molecule has 0 spiro atoms. The minimum absolute atomic E-state index is 0.180. The van der Waals surface area contributed by atoms with E-state index in [0.717, 1.165) is 29.2 Å². The molecule has 0 heterocycles. The molecule has 0 saturated heterocycles. The number of halogens is 2. The normalized spacial score (nSPS) is 14.5. The van der Waals surface area contributed by atoms with E-state index < -0.39 is 0 Å². The highest BCUT2D eigenvalue weighted by Crippen LogP contribution is 2.38. The molecule has 0 fully saturated rings. The van der Waals surface area contributed by atoms with Gasteiger partial charge >= 0.3 is 0 Å². The van der Waals surface area contributed by atoms with Crippen LogP contribution in [0.25, 0.3) is 21.5 Å². The lowest BCUT2D eigenvalue weighted by Crippen LogP contribution is -2.05. The lowest BCUT2D eigenvalue weighted by molar-refractivity contribution is 0.629. The number of alkyl halides is 1. The van der Waals surface area contributed by atoms with Crippen molar-refractivity contribution in [2.75, 3.05) is 0 Å². The zero-order chi connectivity index (χ0) is 15.3. The van der Waals surface area contributed by atoms with Crippen LogP contribution in [0.1, 0.15) is 35.1 Å². The van der Waals surface area contributed by atoms with Crippen molar-refractivity contribution in [1.82, 2.24) is 0 Å². The van der Waals surface area contributed by atoms with Gasteiger partial charge in [-0.3, -0.25) is 0 Å². The molecule has 0 saturated carbocycles. The zero-order valence-electron chi connectivity index (χ0n) is 12.7. The molecule has 3 aromatic rings. The average Bonchev–Trinajstić information content (AvgIpc) is 2.55. The summed E-state index contributed by atoms with van der Waals surface area (Å²) < 4.78 is 13.8.